The topological polar surface area (TPSA) is 0 Å². The Bertz CT molecular complexity index is 683. The van der Waals surface area contributed by atoms with Crippen molar-refractivity contribution >= 4 is 0 Å². The molecule has 4 heteroatoms. The minimum atomic E-state index is -0.917. The van der Waals surface area contributed by atoms with Crippen LogP contribution in [0.2, 0.25) is 0 Å². The first-order valence-corrected chi connectivity index (χ1v) is 6.88. The molecule has 0 saturated carbocycles. The molecule has 2 aromatic carbocycles. The maximum absolute atomic E-state index is 14.0. The molecule has 0 amide bonds. The van der Waals surface area contributed by atoms with Crippen LogP contribution in [0.5, 0.6) is 0 Å². The number of benzene rings is 2. The fourth-order valence-corrected chi connectivity index (χ4v) is 3.10. The van der Waals surface area contributed by atoms with E-state index >= 15 is 0 Å². The number of hydrogen-bond donors (Lipinski definition) is 0. The summed E-state index contributed by atoms with van der Waals surface area (Å²) >= 11 is 0. The third kappa shape index (κ3) is 2.55. The minimum absolute atomic E-state index is 0.0518. The van der Waals surface area contributed by atoms with Gasteiger partial charge in [0.25, 0.3) is 0 Å². The highest BCUT2D eigenvalue weighted by molar-refractivity contribution is 5.36. The fraction of sp³-hybridized carbons (Fsp3) is 0.294. The average molecular weight is 294 g/mol. The van der Waals surface area contributed by atoms with E-state index in [1.807, 2.05) is 0 Å². The Balaban J connectivity index is 1.98. The highest BCUT2D eigenvalue weighted by Gasteiger charge is 2.26. The summed E-state index contributed by atoms with van der Waals surface area (Å²) in [5, 5.41) is 0. The first-order valence-electron chi connectivity index (χ1n) is 6.88. The lowest BCUT2D eigenvalue weighted by Gasteiger charge is -2.26. The zero-order valence-electron chi connectivity index (χ0n) is 11.5. The zero-order chi connectivity index (χ0) is 15.1. The Morgan fingerprint density at radius 2 is 1.38 bits per heavy atom. The zero-order valence-corrected chi connectivity index (χ0v) is 11.5. The van der Waals surface area contributed by atoms with Crippen LogP contribution in [0, 0.1) is 30.2 Å². The van der Waals surface area contributed by atoms with E-state index < -0.39 is 23.3 Å². The standard InChI is InChI=1S/C17H14F4/c1-9-4-15(20)17(16(21)5-9)11-3-2-10-7-13(18)14(19)8-12(10)6-11/h4-5,7-8,11H,2-3,6H2,1H3. The van der Waals surface area contributed by atoms with Crippen LogP contribution < -0.4 is 0 Å². The lowest BCUT2D eigenvalue weighted by molar-refractivity contribution is 0.477. The van der Waals surface area contributed by atoms with Gasteiger partial charge in [-0.25, -0.2) is 17.6 Å². The molecule has 0 aliphatic heterocycles. The molecule has 0 heterocycles. The van der Waals surface area contributed by atoms with Crippen molar-refractivity contribution in [2.24, 2.45) is 0 Å². The lowest BCUT2D eigenvalue weighted by Crippen LogP contribution is -2.16. The molecule has 0 saturated heterocycles. The van der Waals surface area contributed by atoms with Crippen LogP contribution in [0.3, 0.4) is 0 Å². The quantitative estimate of drug-likeness (QED) is 0.661. The summed E-state index contributed by atoms with van der Waals surface area (Å²) in [5.74, 6) is -3.27. The van der Waals surface area contributed by atoms with Gasteiger partial charge in [0.2, 0.25) is 0 Å². The summed E-state index contributed by atoms with van der Waals surface area (Å²) in [5.41, 5.74) is 1.93. The van der Waals surface area contributed by atoms with E-state index in [0.29, 0.717) is 30.4 Å². The molecule has 1 unspecified atom stereocenters. The van der Waals surface area contributed by atoms with Gasteiger partial charge >= 0.3 is 0 Å². The van der Waals surface area contributed by atoms with Gasteiger partial charge in [-0.1, -0.05) is 0 Å². The fourth-order valence-electron chi connectivity index (χ4n) is 3.10. The van der Waals surface area contributed by atoms with Gasteiger partial charge in [0, 0.05) is 5.56 Å². The Hall–Kier alpha value is -1.84. The minimum Gasteiger partial charge on any atom is -0.207 e. The molecule has 1 aliphatic rings. The van der Waals surface area contributed by atoms with Crippen LogP contribution in [-0.2, 0) is 12.8 Å². The third-order valence-electron chi connectivity index (χ3n) is 4.10. The monoisotopic (exact) mass is 294 g/mol. The molecule has 0 nitrogen and oxygen atoms in total. The second-order valence-corrected chi connectivity index (χ2v) is 5.62. The number of aryl methyl sites for hydroxylation is 2. The van der Waals surface area contributed by atoms with Gasteiger partial charge in [0.05, 0.1) is 0 Å². The molecule has 21 heavy (non-hydrogen) atoms. The van der Waals surface area contributed by atoms with Crippen molar-refractivity contribution < 1.29 is 17.6 Å². The smallest absolute Gasteiger partial charge is 0.159 e. The molecule has 1 atom stereocenters. The van der Waals surface area contributed by atoms with Crippen LogP contribution >= 0.6 is 0 Å². The van der Waals surface area contributed by atoms with Crippen molar-refractivity contribution in [2.75, 3.05) is 0 Å². The van der Waals surface area contributed by atoms with Gasteiger partial charge in [0.15, 0.2) is 11.6 Å². The number of hydrogen-bond acceptors (Lipinski definition) is 0. The molecule has 0 radical (unpaired) electrons. The van der Waals surface area contributed by atoms with Crippen molar-refractivity contribution in [3.63, 3.8) is 0 Å². The average Bonchev–Trinajstić information content (AvgIpc) is 2.39. The second-order valence-electron chi connectivity index (χ2n) is 5.62. The van der Waals surface area contributed by atoms with Crippen LogP contribution in [0.15, 0.2) is 24.3 Å². The SMILES string of the molecule is Cc1cc(F)c(C2CCc3cc(F)c(F)cc3C2)c(F)c1. The predicted octanol–water partition coefficient (Wildman–Crippen LogP) is 4.82. The maximum atomic E-state index is 14.0. The van der Waals surface area contributed by atoms with Crippen molar-refractivity contribution in [3.05, 3.63) is 69.8 Å². The van der Waals surface area contributed by atoms with Crippen LogP contribution in [0.4, 0.5) is 17.6 Å². The Labute approximate surface area is 120 Å². The third-order valence-corrected chi connectivity index (χ3v) is 4.10. The summed E-state index contributed by atoms with van der Waals surface area (Å²) in [4.78, 5) is 0. The van der Waals surface area contributed by atoms with Crippen molar-refractivity contribution in [1.29, 1.82) is 0 Å². The molecule has 0 aromatic heterocycles. The second kappa shape index (κ2) is 5.17. The molecule has 0 fully saturated rings. The molecule has 0 N–H and O–H groups in total. The summed E-state index contributed by atoms with van der Waals surface area (Å²) in [6, 6.07) is 4.93. The molecule has 3 rings (SSSR count). The van der Waals surface area contributed by atoms with E-state index in [9.17, 15) is 17.6 Å². The van der Waals surface area contributed by atoms with E-state index in [1.54, 1.807) is 6.92 Å². The van der Waals surface area contributed by atoms with Gasteiger partial charge in [-0.2, -0.15) is 0 Å². The van der Waals surface area contributed by atoms with Crippen LogP contribution in [0.25, 0.3) is 0 Å². The van der Waals surface area contributed by atoms with Crippen molar-refractivity contribution in [1.82, 2.24) is 0 Å². The van der Waals surface area contributed by atoms with Gasteiger partial charge in [0.1, 0.15) is 11.6 Å². The summed E-state index contributed by atoms with van der Waals surface area (Å²) < 4.78 is 54.6. The van der Waals surface area contributed by atoms with E-state index in [-0.39, 0.29) is 11.5 Å². The maximum Gasteiger partial charge on any atom is 0.159 e. The summed E-state index contributed by atoms with van der Waals surface area (Å²) in [6.07, 6.45) is 1.34. The van der Waals surface area contributed by atoms with E-state index in [1.165, 1.54) is 18.2 Å². The van der Waals surface area contributed by atoms with E-state index in [2.05, 4.69) is 0 Å². The summed E-state index contributed by atoms with van der Waals surface area (Å²) in [7, 11) is 0. The molecule has 0 spiro atoms. The first kappa shape index (κ1) is 14.1. The van der Waals surface area contributed by atoms with Crippen molar-refractivity contribution in [2.45, 2.75) is 32.1 Å². The van der Waals surface area contributed by atoms with E-state index in [0.717, 1.165) is 11.6 Å². The van der Waals surface area contributed by atoms with E-state index in [4.69, 9.17) is 0 Å². The first-order chi connectivity index (χ1) is 9.95. The molecular weight excluding hydrogens is 280 g/mol. The van der Waals surface area contributed by atoms with Gasteiger partial charge in [-0.05, 0) is 73.1 Å². The molecular formula is C17H14F4. The molecule has 1 aliphatic carbocycles. The molecule has 110 valence electrons. The number of halogens is 4. The highest BCUT2D eigenvalue weighted by atomic mass is 19.2. The van der Waals surface area contributed by atoms with Gasteiger partial charge < -0.3 is 0 Å². The number of fused-ring (bicyclic) bond motifs is 1. The largest absolute Gasteiger partial charge is 0.207 e. The number of rotatable bonds is 1. The summed E-state index contributed by atoms with van der Waals surface area (Å²) in [6.45, 7) is 1.63. The van der Waals surface area contributed by atoms with Gasteiger partial charge in [-0.15, -0.1) is 0 Å². The van der Waals surface area contributed by atoms with Crippen LogP contribution in [-0.4, -0.2) is 0 Å². The predicted molar refractivity (Wildman–Crippen MR) is 72.2 cm³/mol. The lowest BCUT2D eigenvalue weighted by atomic mass is 9.79. The Morgan fingerprint density at radius 3 is 2.00 bits per heavy atom. The van der Waals surface area contributed by atoms with Crippen LogP contribution in [0.1, 0.15) is 34.6 Å². The van der Waals surface area contributed by atoms with Crippen molar-refractivity contribution in [3.8, 4) is 0 Å². The normalized spacial score (nSPS) is 17.7. The highest BCUT2D eigenvalue weighted by Crippen LogP contribution is 2.36. The Kier molecular flexibility index (Phi) is 3.47. The molecule has 2 aromatic rings. The Morgan fingerprint density at radius 1 is 0.810 bits per heavy atom. The van der Waals surface area contributed by atoms with Gasteiger partial charge in [-0.3, -0.25) is 0 Å². The molecule has 0 bridgehead atoms.